The minimum atomic E-state index is -0.277. The molecule has 4 heteroatoms. The molecule has 0 atom stereocenters. The number of para-hydroxylation sites is 1. The van der Waals surface area contributed by atoms with Gasteiger partial charge in [-0.15, -0.1) is 0 Å². The van der Waals surface area contributed by atoms with Gasteiger partial charge in [-0.25, -0.2) is 0 Å². The van der Waals surface area contributed by atoms with Crippen LogP contribution in [0.2, 0.25) is 0 Å². The van der Waals surface area contributed by atoms with E-state index < -0.39 is 0 Å². The van der Waals surface area contributed by atoms with Crippen molar-refractivity contribution < 1.29 is 19.4 Å². The van der Waals surface area contributed by atoms with Crippen LogP contribution in [0.15, 0.2) is 36.4 Å². The molecule has 0 aliphatic carbocycles. The summed E-state index contributed by atoms with van der Waals surface area (Å²) in [5, 5.41) is 9.93. The molecular weight excluding hydrogens is 268 g/mol. The van der Waals surface area contributed by atoms with Crippen molar-refractivity contribution in [3.63, 3.8) is 0 Å². The zero-order valence-electron chi connectivity index (χ0n) is 11.8. The van der Waals surface area contributed by atoms with Gasteiger partial charge < -0.3 is 9.84 Å². The summed E-state index contributed by atoms with van der Waals surface area (Å²) >= 11 is 0. The van der Waals surface area contributed by atoms with Crippen molar-refractivity contribution in [1.29, 1.82) is 0 Å². The van der Waals surface area contributed by atoms with Crippen molar-refractivity contribution in [2.45, 2.75) is 13.8 Å². The lowest BCUT2D eigenvalue weighted by molar-refractivity contribution is 0.0978. The van der Waals surface area contributed by atoms with E-state index in [1.54, 1.807) is 36.4 Å². The Morgan fingerprint density at radius 2 is 1.62 bits per heavy atom. The number of rotatable bonds is 4. The van der Waals surface area contributed by atoms with Crippen molar-refractivity contribution in [2.24, 2.45) is 0 Å². The van der Waals surface area contributed by atoms with E-state index in [0.717, 1.165) is 0 Å². The van der Waals surface area contributed by atoms with E-state index >= 15 is 0 Å². The lowest BCUT2D eigenvalue weighted by atomic mass is 10.0. The van der Waals surface area contributed by atoms with Gasteiger partial charge in [-0.3, -0.25) is 9.59 Å². The first kappa shape index (κ1) is 14.8. The van der Waals surface area contributed by atoms with Gasteiger partial charge in [0, 0.05) is 5.56 Å². The highest BCUT2D eigenvalue weighted by Crippen LogP contribution is 2.35. The molecule has 2 aromatic carbocycles. The van der Waals surface area contributed by atoms with Crippen LogP contribution in [0.3, 0.4) is 0 Å². The third kappa shape index (κ3) is 2.94. The van der Waals surface area contributed by atoms with Gasteiger partial charge in [0.05, 0.1) is 5.56 Å². The molecule has 107 valence electrons. The number of carbonyl (C=O) groups is 2. The SMILES string of the molecule is [CH2]c1cccc(Oc2cccc(C(C)=O)c2C(C)=O)c1O. The average molecular weight is 283 g/mol. The molecule has 1 N–H and O–H groups in total. The summed E-state index contributed by atoms with van der Waals surface area (Å²) in [4.78, 5) is 23.5. The standard InChI is InChI=1S/C17H15O4/c1-10-6-4-9-15(17(10)20)21-14-8-5-7-13(11(2)18)16(14)12(3)19/h4-9,20H,1H2,2-3H3. The third-order valence-electron chi connectivity index (χ3n) is 3.06. The monoisotopic (exact) mass is 283 g/mol. The molecule has 0 saturated heterocycles. The fraction of sp³-hybridized carbons (Fsp3) is 0.118. The Bertz CT molecular complexity index is 717. The normalized spacial score (nSPS) is 10.2. The van der Waals surface area contributed by atoms with Crippen molar-refractivity contribution in [3.8, 4) is 17.2 Å². The Morgan fingerprint density at radius 1 is 1.00 bits per heavy atom. The van der Waals surface area contributed by atoms with Gasteiger partial charge in [-0.05, 0) is 38.5 Å². The molecular formula is C17H15O4. The fourth-order valence-electron chi connectivity index (χ4n) is 2.04. The number of hydrogen-bond donors (Lipinski definition) is 1. The summed E-state index contributed by atoms with van der Waals surface area (Å²) in [6, 6.07) is 9.67. The highest BCUT2D eigenvalue weighted by Gasteiger charge is 2.18. The average Bonchev–Trinajstić information content (AvgIpc) is 2.43. The lowest BCUT2D eigenvalue weighted by Crippen LogP contribution is -2.06. The molecule has 0 aromatic heterocycles. The van der Waals surface area contributed by atoms with Crippen LogP contribution >= 0.6 is 0 Å². The Kier molecular flexibility index (Phi) is 4.08. The number of Topliss-reactive ketones (excluding diaryl/α,β-unsaturated/α-hetero) is 2. The van der Waals surface area contributed by atoms with Crippen molar-refractivity contribution >= 4 is 11.6 Å². The maximum Gasteiger partial charge on any atom is 0.169 e. The predicted octanol–water partition coefficient (Wildman–Crippen LogP) is 3.77. The van der Waals surface area contributed by atoms with Crippen LogP contribution in [-0.2, 0) is 0 Å². The second-order valence-corrected chi connectivity index (χ2v) is 4.66. The van der Waals surface area contributed by atoms with Gasteiger partial charge in [0.15, 0.2) is 23.1 Å². The first-order chi connectivity index (χ1) is 9.91. The van der Waals surface area contributed by atoms with Crippen LogP contribution in [-0.4, -0.2) is 16.7 Å². The number of ether oxygens (including phenoxy) is 1. The second-order valence-electron chi connectivity index (χ2n) is 4.66. The zero-order valence-corrected chi connectivity index (χ0v) is 11.8. The van der Waals surface area contributed by atoms with E-state index in [9.17, 15) is 14.7 Å². The molecule has 0 bridgehead atoms. The van der Waals surface area contributed by atoms with E-state index in [2.05, 4.69) is 6.92 Å². The number of aromatic hydroxyl groups is 1. The molecule has 0 amide bonds. The minimum Gasteiger partial charge on any atom is -0.504 e. The Morgan fingerprint density at radius 3 is 2.24 bits per heavy atom. The molecule has 0 unspecified atom stereocenters. The van der Waals surface area contributed by atoms with E-state index in [-0.39, 0.29) is 34.4 Å². The smallest absolute Gasteiger partial charge is 0.169 e. The molecule has 2 aromatic rings. The molecule has 0 aliphatic rings. The summed E-state index contributed by atoms with van der Waals surface area (Å²) < 4.78 is 5.61. The van der Waals surface area contributed by atoms with Gasteiger partial charge in [-0.1, -0.05) is 24.3 Å². The highest BCUT2D eigenvalue weighted by atomic mass is 16.5. The van der Waals surface area contributed by atoms with Crippen molar-refractivity contribution in [3.05, 3.63) is 60.0 Å². The van der Waals surface area contributed by atoms with Crippen molar-refractivity contribution in [2.75, 3.05) is 0 Å². The predicted molar refractivity (Wildman–Crippen MR) is 79.1 cm³/mol. The van der Waals surface area contributed by atoms with E-state index in [1.807, 2.05) is 0 Å². The first-order valence-electron chi connectivity index (χ1n) is 6.38. The molecule has 0 aliphatic heterocycles. The molecule has 0 saturated carbocycles. The minimum absolute atomic E-state index is 0.0970. The van der Waals surface area contributed by atoms with Crippen LogP contribution in [0, 0.1) is 6.92 Å². The summed E-state index contributed by atoms with van der Waals surface area (Å²) in [6.45, 7) is 6.43. The maximum atomic E-state index is 11.8. The van der Waals surface area contributed by atoms with Gasteiger partial charge in [-0.2, -0.15) is 0 Å². The molecule has 0 spiro atoms. The van der Waals surface area contributed by atoms with Crippen LogP contribution in [0.1, 0.15) is 40.1 Å². The highest BCUT2D eigenvalue weighted by molar-refractivity contribution is 6.09. The van der Waals surface area contributed by atoms with Crippen LogP contribution in [0.4, 0.5) is 0 Å². The van der Waals surface area contributed by atoms with Crippen molar-refractivity contribution in [1.82, 2.24) is 0 Å². The van der Waals surface area contributed by atoms with E-state index in [4.69, 9.17) is 4.74 Å². The van der Waals surface area contributed by atoms with Gasteiger partial charge in [0.25, 0.3) is 0 Å². The van der Waals surface area contributed by atoms with Crippen LogP contribution < -0.4 is 4.74 Å². The Balaban J connectivity index is 2.54. The topological polar surface area (TPSA) is 63.6 Å². The Labute approximate surface area is 123 Å². The molecule has 2 rings (SSSR count). The summed E-state index contributed by atoms with van der Waals surface area (Å²) in [6.07, 6.45) is 0. The molecule has 0 fully saturated rings. The zero-order chi connectivity index (χ0) is 15.6. The summed E-state index contributed by atoms with van der Waals surface area (Å²) in [5.74, 6) is -0.177. The molecule has 0 heterocycles. The van der Waals surface area contributed by atoms with Gasteiger partial charge >= 0.3 is 0 Å². The second kappa shape index (κ2) is 5.79. The third-order valence-corrected chi connectivity index (χ3v) is 3.06. The molecule has 1 radical (unpaired) electrons. The first-order valence-corrected chi connectivity index (χ1v) is 6.38. The van der Waals surface area contributed by atoms with Gasteiger partial charge in [0.1, 0.15) is 5.75 Å². The van der Waals surface area contributed by atoms with E-state index in [1.165, 1.54) is 13.8 Å². The largest absolute Gasteiger partial charge is 0.504 e. The molecule has 4 nitrogen and oxygen atoms in total. The quantitative estimate of drug-likeness (QED) is 0.867. The number of phenolic OH excluding ortho intramolecular Hbond substituents is 1. The number of carbonyl (C=O) groups excluding carboxylic acids is 2. The van der Waals surface area contributed by atoms with E-state index in [0.29, 0.717) is 11.1 Å². The Hall–Kier alpha value is -2.62. The van der Waals surface area contributed by atoms with Crippen LogP contribution in [0.25, 0.3) is 0 Å². The maximum absolute atomic E-state index is 11.8. The number of ketones is 2. The lowest BCUT2D eigenvalue weighted by Gasteiger charge is -2.13. The van der Waals surface area contributed by atoms with Crippen LogP contribution in [0.5, 0.6) is 17.2 Å². The molecule has 21 heavy (non-hydrogen) atoms. The number of benzene rings is 2. The summed E-state index contributed by atoms with van der Waals surface area (Å²) in [5.41, 5.74) is 0.920. The fourth-order valence-corrected chi connectivity index (χ4v) is 2.04. The number of hydrogen-bond acceptors (Lipinski definition) is 4. The number of phenols is 1. The van der Waals surface area contributed by atoms with Gasteiger partial charge in [0.2, 0.25) is 0 Å². The summed E-state index contributed by atoms with van der Waals surface area (Å²) in [7, 11) is 0.